The number of rotatable bonds is 6. The molecule has 0 spiro atoms. The minimum absolute atomic E-state index is 0.0775. The van der Waals surface area contributed by atoms with Crippen LogP contribution < -0.4 is 10.2 Å². The van der Waals surface area contributed by atoms with Gasteiger partial charge in [0, 0.05) is 50.4 Å². The van der Waals surface area contributed by atoms with Crippen LogP contribution in [-0.2, 0) is 0 Å². The van der Waals surface area contributed by atoms with Gasteiger partial charge in [0.25, 0.3) is 0 Å². The van der Waals surface area contributed by atoms with Crippen LogP contribution in [0.1, 0.15) is 6.42 Å². The molecule has 2 heterocycles. The molecule has 0 aliphatic carbocycles. The molecule has 0 amide bonds. The van der Waals surface area contributed by atoms with Gasteiger partial charge in [0.2, 0.25) is 11.2 Å². The monoisotopic (exact) mass is 442 g/mol. The van der Waals surface area contributed by atoms with Crippen LogP contribution in [0.5, 0.6) is 28.7 Å². The standard InChI is InChI=1S/C23H26N2O7/c1-24-6-8-25(9-7-24)5-2-10-31-18-11-14(3-4-16(18)27)23-22(30)21(29)20-17(28)12-15(26)13-19(20)32-23/h3-4,11-13,26-28,30H,2,5-10H2,1H3. The van der Waals surface area contributed by atoms with Crippen molar-refractivity contribution in [1.82, 2.24) is 9.80 Å². The second-order valence-electron chi connectivity index (χ2n) is 7.98. The fraction of sp³-hybridized carbons (Fsp3) is 0.348. The summed E-state index contributed by atoms with van der Waals surface area (Å²) in [6.45, 7) is 5.39. The zero-order chi connectivity index (χ0) is 22.8. The van der Waals surface area contributed by atoms with E-state index in [-0.39, 0.29) is 34.0 Å². The van der Waals surface area contributed by atoms with E-state index in [1.165, 1.54) is 24.3 Å². The highest BCUT2D eigenvalue weighted by molar-refractivity contribution is 5.88. The molecule has 2 aromatic carbocycles. The normalized spacial score (nSPS) is 15.3. The summed E-state index contributed by atoms with van der Waals surface area (Å²) in [4.78, 5) is 17.2. The van der Waals surface area contributed by atoms with Crippen LogP contribution in [0.25, 0.3) is 22.3 Å². The maximum atomic E-state index is 12.5. The number of fused-ring (bicyclic) bond motifs is 1. The lowest BCUT2D eigenvalue weighted by Crippen LogP contribution is -2.44. The Morgan fingerprint density at radius 2 is 1.75 bits per heavy atom. The van der Waals surface area contributed by atoms with E-state index in [1.807, 2.05) is 0 Å². The highest BCUT2D eigenvalue weighted by Gasteiger charge is 2.20. The van der Waals surface area contributed by atoms with E-state index in [2.05, 4.69) is 16.8 Å². The second kappa shape index (κ2) is 8.97. The lowest BCUT2D eigenvalue weighted by Gasteiger charge is -2.32. The highest BCUT2D eigenvalue weighted by atomic mass is 16.5. The van der Waals surface area contributed by atoms with Crippen LogP contribution in [0.4, 0.5) is 0 Å². The molecular formula is C23H26N2O7. The number of aromatic hydroxyl groups is 4. The summed E-state index contributed by atoms with van der Waals surface area (Å²) < 4.78 is 11.4. The molecule has 1 fully saturated rings. The molecule has 1 aliphatic heterocycles. The third-order valence-electron chi connectivity index (χ3n) is 5.63. The molecule has 1 aromatic heterocycles. The molecule has 0 bridgehead atoms. The Kier molecular flexibility index (Phi) is 6.11. The Hall–Kier alpha value is -3.43. The SMILES string of the molecule is CN1CCN(CCCOc2cc(-c3oc4cc(O)cc(O)c4c(=O)c3O)ccc2O)CC1. The molecule has 9 heteroatoms. The van der Waals surface area contributed by atoms with E-state index in [0.29, 0.717) is 12.2 Å². The first-order valence-electron chi connectivity index (χ1n) is 10.4. The Morgan fingerprint density at radius 3 is 2.50 bits per heavy atom. The Bertz CT molecular complexity index is 1180. The van der Waals surface area contributed by atoms with E-state index in [9.17, 15) is 25.2 Å². The second-order valence-corrected chi connectivity index (χ2v) is 7.98. The third kappa shape index (κ3) is 4.44. The van der Waals surface area contributed by atoms with Gasteiger partial charge in [-0.2, -0.15) is 0 Å². The maximum absolute atomic E-state index is 12.5. The molecule has 4 N–H and O–H groups in total. The van der Waals surface area contributed by atoms with Gasteiger partial charge in [-0.25, -0.2) is 0 Å². The number of phenolic OH excluding ortho intramolecular Hbond substituents is 3. The van der Waals surface area contributed by atoms with Gasteiger partial charge in [-0.3, -0.25) is 4.79 Å². The summed E-state index contributed by atoms with van der Waals surface area (Å²) in [6.07, 6.45) is 0.780. The van der Waals surface area contributed by atoms with Crippen molar-refractivity contribution in [1.29, 1.82) is 0 Å². The lowest BCUT2D eigenvalue weighted by atomic mass is 10.1. The number of benzene rings is 2. The van der Waals surface area contributed by atoms with Crippen molar-refractivity contribution in [2.75, 3.05) is 46.4 Å². The summed E-state index contributed by atoms with van der Waals surface area (Å²) in [6, 6.07) is 6.49. The summed E-state index contributed by atoms with van der Waals surface area (Å²) >= 11 is 0. The smallest absolute Gasteiger partial charge is 0.238 e. The number of hydrogen-bond donors (Lipinski definition) is 4. The third-order valence-corrected chi connectivity index (χ3v) is 5.63. The van der Waals surface area contributed by atoms with Crippen LogP contribution in [0.2, 0.25) is 0 Å². The summed E-state index contributed by atoms with van der Waals surface area (Å²) in [5, 5.41) is 40.0. The van der Waals surface area contributed by atoms with Gasteiger partial charge < -0.3 is 39.4 Å². The van der Waals surface area contributed by atoms with E-state index in [1.54, 1.807) is 0 Å². The zero-order valence-electron chi connectivity index (χ0n) is 17.7. The summed E-state index contributed by atoms with van der Waals surface area (Å²) in [7, 11) is 2.11. The van der Waals surface area contributed by atoms with Crippen molar-refractivity contribution in [2.45, 2.75) is 6.42 Å². The fourth-order valence-electron chi connectivity index (χ4n) is 3.78. The van der Waals surface area contributed by atoms with Crippen LogP contribution in [0.3, 0.4) is 0 Å². The van der Waals surface area contributed by atoms with Crippen molar-refractivity contribution in [3.05, 3.63) is 40.6 Å². The molecule has 4 rings (SSSR count). The molecule has 0 saturated carbocycles. The topological polar surface area (TPSA) is 127 Å². The summed E-state index contributed by atoms with van der Waals surface area (Å²) in [5.41, 5.74) is -0.610. The van der Waals surface area contributed by atoms with E-state index in [4.69, 9.17) is 9.15 Å². The number of likely N-dealkylation sites (N-methyl/N-ethyl adjacent to an activating group) is 1. The lowest BCUT2D eigenvalue weighted by molar-refractivity contribution is 0.145. The molecule has 0 radical (unpaired) electrons. The average molecular weight is 442 g/mol. The number of ether oxygens (including phenoxy) is 1. The number of piperazine rings is 1. The van der Waals surface area contributed by atoms with E-state index >= 15 is 0 Å². The van der Waals surface area contributed by atoms with Crippen LogP contribution in [0, 0.1) is 0 Å². The molecule has 1 aliphatic rings. The Labute approximate surface area is 184 Å². The van der Waals surface area contributed by atoms with Gasteiger partial charge in [-0.05, 0) is 31.7 Å². The number of hydrogen-bond acceptors (Lipinski definition) is 9. The van der Waals surface area contributed by atoms with Crippen molar-refractivity contribution < 1.29 is 29.6 Å². The molecule has 32 heavy (non-hydrogen) atoms. The van der Waals surface area contributed by atoms with Gasteiger partial charge in [-0.1, -0.05) is 0 Å². The first-order valence-corrected chi connectivity index (χ1v) is 10.4. The molecule has 1 saturated heterocycles. The van der Waals surface area contributed by atoms with Gasteiger partial charge >= 0.3 is 0 Å². The molecule has 170 valence electrons. The number of phenols is 3. The zero-order valence-corrected chi connectivity index (χ0v) is 17.7. The van der Waals surface area contributed by atoms with Crippen molar-refractivity contribution >= 4 is 11.0 Å². The minimum atomic E-state index is -0.832. The van der Waals surface area contributed by atoms with Crippen LogP contribution in [-0.4, -0.2) is 76.6 Å². The highest BCUT2D eigenvalue weighted by Crippen LogP contribution is 2.38. The van der Waals surface area contributed by atoms with Gasteiger partial charge in [0.1, 0.15) is 22.5 Å². The molecule has 0 unspecified atom stereocenters. The van der Waals surface area contributed by atoms with Gasteiger partial charge in [0.05, 0.1) is 6.61 Å². The first-order chi connectivity index (χ1) is 15.3. The predicted octanol–water partition coefficient (Wildman–Crippen LogP) is 2.30. The van der Waals surface area contributed by atoms with Crippen molar-refractivity contribution in [3.8, 4) is 40.1 Å². The predicted molar refractivity (Wildman–Crippen MR) is 119 cm³/mol. The summed E-state index contributed by atoms with van der Waals surface area (Å²) in [5.74, 6) is -1.51. The fourth-order valence-corrected chi connectivity index (χ4v) is 3.78. The maximum Gasteiger partial charge on any atom is 0.238 e. The Morgan fingerprint density at radius 1 is 1.00 bits per heavy atom. The van der Waals surface area contributed by atoms with E-state index < -0.39 is 16.9 Å². The number of nitrogens with zero attached hydrogens (tertiary/aromatic N) is 2. The minimum Gasteiger partial charge on any atom is -0.508 e. The molecule has 9 nitrogen and oxygen atoms in total. The van der Waals surface area contributed by atoms with Crippen molar-refractivity contribution in [2.24, 2.45) is 0 Å². The van der Waals surface area contributed by atoms with E-state index in [0.717, 1.165) is 45.2 Å². The van der Waals surface area contributed by atoms with Gasteiger partial charge in [0.15, 0.2) is 17.3 Å². The molecular weight excluding hydrogens is 416 g/mol. The van der Waals surface area contributed by atoms with Crippen LogP contribution in [0.15, 0.2) is 39.5 Å². The van der Waals surface area contributed by atoms with Crippen LogP contribution >= 0.6 is 0 Å². The first kappa shape index (κ1) is 21.8. The average Bonchev–Trinajstić information content (AvgIpc) is 2.75. The quantitative estimate of drug-likeness (QED) is 0.425. The molecule has 3 aromatic rings. The van der Waals surface area contributed by atoms with Crippen molar-refractivity contribution in [3.63, 3.8) is 0 Å². The molecule has 0 atom stereocenters. The Balaban J connectivity index is 1.53. The largest absolute Gasteiger partial charge is 0.508 e. The van der Waals surface area contributed by atoms with Gasteiger partial charge in [-0.15, -0.1) is 0 Å².